The molecule has 0 fully saturated rings. The molecule has 0 saturated carbocycles. The molecule has 2 rings (SSSR count). The van der Waals surface area contributed by atoms with Gasteiger partial charge in [-0.3, -0.25) is 4.79 Å². The number of aryl methyl sites for hydroxylation is 1. The van der Waals surface area contributed by atoms with Crippen molar-refractivity contribution in [3.8, 4) is 5.75 Å². The van der Waals surface area contributed by atoms with E-state index in [0.29, 0.717) is 0 Å². The van der Waals surface area contributed by atoms with Crippen molar-refractivity contribution in [1.29, 1.82) is 0 Å². The molecule has 1 atom stereocenters. The lowest BCUT2D eigenvalue weighted by atomic mass is 10.2. The van der Waals surface area contributed by atoms with Gasteiger partial charge in [-0.1, -0.05) is 18.2 Å². The van der Waals surface area contributed by atoms with E-state index in [9.17, 15) is 4.79 Å². The third-order valence-corrected chi connectivity index (χ3v) is 4.26. The van der Waals surface area contributed by atoms with Crippen LogP contribution >= 0.6 is 11.8 Å². The molecule has 0 aliphatic heterocycles. The fraction of sp³-hybridized carbons (Fsp3) is 0.235. The number of anilines is 1. The predicted octanol–water partition coefficient (Wildman–Crippen LogP) is 4.12. The number of carbonyl (C=O) groups is 1. The number of nitrogens with one attached hydrogen (secondary N) is 1. The average molecular weight is 301 g/mol. The van der Waals surface area contributed by atoms with E-state index >= 15 is 0 Å². The van der Waals surface area contributed by atoms with Gasteiger partial charge in [-0.05, 0) is 49.7 Å². The summed E-state index contributed by atoms with van der Waals surface area (Å²) in [5.41, 5.74) is 1.93. The topological polar surface area (TPSA) is 38.3 Å². The molecule has 2 aromatic rings. The van der Waals surface area contributed by atoms with Gasteiger partial charge in [0.15, 0.2) is 0 Å². The minimum atomic E-state index is -0.169. The normalized spacial score (nSPS) is 11.8. The zero-order valence-corrected chi connectivity index (χ0v) is 13.2. The van der Waals surface area contributed by atoms with Crippen molar-refractivity contribution >= 4 is 23.4 Å². The first-order chi connectivity index (χ1) is 10.1. The zero-order valence-electron chi connectivity index (χ0n) is 12.4. The molecule has 2 aromatic carbocycles. The number of rotatable bonds is 5. The van der Waals surface area contributed by atoms with E-state index < -0.39 is 0 Å². The SMILES string of the molecule is COc1ccc(SC(C)C(=O)Nc2ccccc2C)cc1. The second-order valence-corrected chi connectivity index (χ2v) is 6.15. The minimum Gasteiger partial charge on any atom is -0.497 e. The van der Waals surface area contributed by atoms with E-state index in [1.807, 2.05) is 62.4 Å². The number of benzene rings is 2. The molecule has 0 aliphatic carbocycles. The van der Waals surface area contributed by atoms with Crippen LogP contribution in [-0.2, 0) is 4.79 Å². The summed E-state index contributed by atoms with van der Waals surface area (Å²) in [6.07, 6.45) is 0. The van der Waals surface area contributed by atoms with E-state index in [4.69, 9.17) is 4.74 Å². The zero-order chi connectivity index (χ0) is 15.2. The Morgan fingerprint density at radius 2 is 1.81 bits per heavy atom. The van der Waals surface area contributed by atoms with Crippen LogP contribution in [0.1, 0.15) is 12.5 Å². The highest BCUT2D eigenvalue weighted by molar-refractivity contribution is 8.00. The molecule has 1 amide bonds. The van der Waals surface area contributed by atoms with Crippen molar-refractivity contribution < 1.29 is 9.53 Å². The monoisotopic (exact) mass is 301 g/mol. The molecule has 0 aromatic heterocycles. The van der Waals surface area contributed by atoms with Crippen molar-refractivity contribution in [3.05, 3.63) is 54.1 Å². The van der Waals surface area contributed by atoms with Gasteiger partial charge in [0.2, 0.25) is 5.91 Å². The summed E-state index contributed by atoms with van der Waals surface area (Å²) in [5, 5.41) is 2.80. The lowest BCUT2D eigenvalue weighted by Crippen LogP contribution is -2.22. The smallest absolute Gasteiger partial charge is 0.237 e. The quantitative estimate of drug-likeness (QED) is 0.844. The van der Waals surface area contributed by atoms with E-state index in [0.717, 1.165) is 21.9 Å². The maximum atomic E-state index is 12.2. The molecule has 3 nitrogen and oxygen atoms in total. The Labute approximate surface area is 129 Å². The van der Waals surface area contributed by atoms with E-state index in [-0.39, 0.29) is 11.2 Å². The van der Waals surface area contributed by atoms with Gasteiger partial charge in [-0.2, -0.15) is 0 Å². The highest BCUT2D eigenvalue weighted by Crippen LogP contribution is 2.26. The second kappa shape index (κ2) is 7.18. The van der Waals surface area contributed by atoms with Crippen LogP contribution < -0.4 is 10.1 Å². The van der Waals surface area contributed by atoms with Crippen LogP contribution in [0.2, 0.25) is 0 Å². The number of hydrogen-bond acceptors (Lipinski definition) is 3. The third-order valence-electron chi connectivity index (χ3n) is 3.14. The number of carbonyl (C=O) groups excluding carboxylic acids is 1. The molecule has 0 spiro atoms. The highest BCUT2D eigenvalue weighted by Gasteiger charge is 2.15. The fourth-order valence-corrected chi connectivity index (χ4v) is 2.73. The van der Waals surface area contributed by atoms with Crippen molar-refractivity contribution in [2.45, 2.75) is 24.0 Å². The molecule has 1 unspecified atom stereocenters. The van der Waals surface area contributed by atoms with Crippen LogP contribution in [-0.4, -0.2) is 18.3 Å². The van der Waals surface area contributed by atoms with Gasteiger partial charge in [-0.25, -0.2) is 0 Å². The molecule has 110 valence electrons. The standard InChI is InChI=1S/C17H19NO2S/c1-12-6-4-5-7-16(12)18-17(19)13(2)21-15-10-8-14(20-3)9-11-15/h4-11,13H,1-3H3,(H,18,19). The van der Waals surface area contributed by atoms with Crippen molar-refractivity contribution in [2.75, 3.05) is 12.4 Å². The Hall–Kier alpha value is -1.94. The molecule has 0 radical (unpaired) electrons. The summed E-state index contributed by atoms with van der Waals surface area (Å²) < 4.78 is 5.13. The maximum Gasteiger partial charge on any atom is 0.237 e. The van der Waals surface area contributed by atoms with Gasteiger partial charge in [0.25, 0.3) is 0 Å². The Kier molecular flexibility index (Phi) is 5.28. The van der Waals surface area contributed by atoms with Gasteiger partial charge in [-0.15, -0.1) is 11.8 Å². The van der Waals surface area contributed by atoms with Crippen molar-refractivity contribution in [1.82, 2.24) is 0 Å². The largest absolute Gasteiger partial charge is 0.497 e. The summed E-state index contributed by atoms with van der Waals surface area (Å²) in [7, 11) is 1.64. The van der Waals surface area contributed by atoms with E-state index in [2.05, 4.69) is 5.32 Å². The second-order valence-electron chi connectivity index (χ2n) is 4.74. The van der Waals surface area contributed by atoms with Crippen LogP contribution in [0.3, 0.4) is 0 Å². The van der Waals surface area contributed by atoms with Gasteiger partial charge in [0, 0.05) is 10.6 Å². The van der Waals surface area contributed by atoms with Crippen LogP contribution in [0.25, 0.3) is 0 Å². The molecule has 1 N–H and O–H groups in total. The maximum absolute atomic E-state index is 12.2. The highest BCUT2D eigenvalue weighted by atomic mass is 32.2. The first kappa shape index (κ1) is 15.4. The van der Waals surface area contributed by atoms with Crippen LogP contribution in [0.15, 0.2) is 53.4 Å². The summed E-state index contributed by atoms with van der Waals surface area (Å²) in [6.45, 7) is 3.89. The molecule has 4 heteroatoms. The molecule has 0 bridgehead atoms. The summed E-state index contributed by atoms with van der Waals surface area (Å²) in [6, 6.07) is 15.5. The summed E-state index contributed by atoms with van der Waals surface area (Å²) in [4.78, 5) is 13.3. The van der Waals surface area contributed by atoms with Gasteiger partial charge >= 0.3 is 0 Å². The number of para-hydroxylation sites is 1. The van der Waals surface area contributed by atoms with Crippen LogP contribution in [0.5, 0.6) is 5.75 Å². The van der Waals surface area contributed by atoms with Crippen molar-refractivity contribution in [2.24, 2.45) is 0 Å². The van der Waals surface area contributed by atoms with Gasteiger partial charge in [0.05, 0.1) is 12.4 Å². The van der Waals surface area contributed by atoms with Gasteiger partial charge < -0.3 is 10.1 Å². The summed E-state index contributed by atoms with van der Waals surface area (Å²) in [5.74, 6) is 0.821. The fourth-order valence-electron chi connectivity index (χ4n) is 1.86. The predicted molar refractivity (Wildman–Crippen MR) is 88.1 cm³/mol. The first-order valence-electron chi connectivity index (χ1n) is 6.77. The van der Waals surface area contributed by atoms with Crippen LogP contribution in [0, 0.1) is 6.92 Å². The molecular formula is C17H19NO2S. The lowest BCUT2D eigenvalue weighted by molar-refractivity contribution is -0.115. The number of amides is 1. The minimum absolute atomic E-state index is 0.00474. The van der Waals surface area contributed by atoms with Crippen LogP contribution in [0.4, 0.5) is 5.69 Å². The first-order valence-corrected chi connectivity index (χ1v) is 7.65. The third kappa shape index (κ3) is 4.26. The van der Waals surface area contributed by atoms with E-state index in [1.165, 1.54) is 11.8 Å². The number of hydrogen-bond donors (Lipinski definition) is 1. The van der Waals surface area contributed by atoms with Crippen molar-refractivity contribution in [3.63, 3.8) is 0 Å². The summed E-state index contributed by atoms with van der Waals surface area (Å²) >= 11 is 1.53. The molecule has 0 heterocycles. The molecular weight excluding hydrogens is 282 g/mol. The Balaban J connectivity index is 1.97. The molecule has 21 heavy (non-hydrogen) atoms. The Bertz CT molecular complexity index is 610. The number of ether oxygens (including phenoxy) is 1. The number of methoxy groups -OCH3 is 1. The van der Waals surface area contributed by atoms with E-state index in [1.54, 1.807) is 7.11 Å². The average Bonchev–Trinajstić information content (AvgIpc) is 2.50. The Morgan fingerprint density at radius 3 is 2.43 bits per heavy atom. The Morgan fingerprint density at radius 1 is 1.14 bits per heavy atom. The van der Waals surface area contributed by atoms with Gasteiger partial charge in [0.1, 0.15) is 5.75 Å². The molecule has 0 aliphatic rings. The molecule has 0 saturated heterocycles. The number of thioether (sulfide) groups is 1. The lowest BCUT2D eigenvalue weighted by Gasteiger charge is -2.13.